The Morgan fingerprint density at radius 2 is 2.19 bits per heavy atom. The first-order chi connectivity index (χ1) is 9.94. The highest BCUT2D eigenvalue weighted by Gasteiger charge is 2.19. The van der Waals surface area contributed by atoms with Crippen LogP contribution in [-0.2, 0) is 22.9 Å². The highest BCUT2D eigenvalue weighted by atomic mass is 32.2. The molecule has 2 rings (SSSR count). The number of aromatic nitrogens is 1. The first-order valence-corrected chi connectivity index (χ1v) is 10.2. The molecule has 0 atom stereocenters. The molecule has 0 saturated carbocycles. The van der Waals surface area contributed by atoms with Gasteiger partial charge in [-0.25, -0.2) is 13.4 Å². The minimum Gasteiger partial charge on any atom is -0.310 e. The molecule has 0 aliphatic carbocycles. The van der Waals surface area contributed by atoms with Gasteiger partial charge in [-0.2, -0.15) is 0 Å². The van der Waals surface area contributed by atoms with Crippen LogP contribution >= 0.6 is 11.3 Å². The lowest BCUT2D eigenvalue weighted by atomic mass is 10.2. The smallest absolute Gasteiger partial charge is 0.151 e. The van der Waals surface area contributed by atoms with Crippen molar-refractivity contribution < 1.29 is 8.42 Å². The summed E-state index contributed by atoms with van der Waals surface area (Å²) in [5, 5.41) is 6.59. The zero-order chi connectivity index (χ0) is 15.3. The van der Waals surface area contributed by atoms with Crippen LogP contribution in [0, 0.1) is 5.92 Å². The van der Waals surface area contributed by atoms with E-state index in [4.69, 9.17) is 0 Å². The molecule has 0 unspecified atom stereocenters. The van der Waals surface area contributed by atoms with Crippen molar-refractivity contribution in [2.24, 2.45) is 5.92 Å². The first kappa shape index (κ1) is 16.9. The largest absolute Gasteiger partial charge is 0.310 e. The Bertz CT molecular complexity index is 540. The monoisotopic (exact) mass is 331 g/mol. The van der Waals surface area contributed by atoms with E-state index >= 15 is 0 Å². The molecule has 5 nitrogen and oxygen atoms in total. The Labute approximate surface area is 131 Å². The van der Waals surface area contributed by atoms with Gasteiger partial charge in [-0.1, -0.05) is 13.8 Å². The molecule has 1 saturated heterocycles. The Morgan fingerprint density at radius 1 is 1.38 bits per heavy atom. The standard InChI is InChI=1S/C14H25N3O2S2/c1-12(2)8-15-9-14-16-13(11-20-14)10-17-4-3-6-21(18,19)7-5-17/h11-12,15H,3-10H2,1-2H3. The zero-order valence-corrected chi connectivity index (χ0v) is 14.5. The molecule has 0 aromatic carbocycles. The fourth-order valence-electron chi connectivity index (χ4n) is 2.35. The SMILES string of the molecule is CC(C)CNCc1nc(CN2CCCS(=O)(=O)CC2)cs1. The average molecular weight is 332 g/mol. The Morgan fingerprint density at radius 3 is 2.95 bits per heavy atom. The van der Waals surface area contributed by atoms with Crippen molar-refractivity contribution in [2.75, 3.05) is 31.1 Å². The maximum atomic E-state index is 11.6. The lowest BCUT2D eigenvalue weighted by molar-refractivity contribution is 0.284. The molecule has 0 amide bonds. The molecule has 7 heteroatoms. The topological polar surface area (TPSA) is 62.3 Å². The van der Waals surface area contributed by atoms with Crippen LogP contribution in [0.3, 0.4) is 0 Å². The summed E-state index contributed by atoms with van der Waals surface area (Å²) >= 11 is 1.68. The van der Waals surface area contributed by atoms with Crippen LogP contribution in [0.4, 0.5) is 0 Å². The summed E-state index contributed by atoms with van der Waals surface area (Å²) in [6, 6.07) is 0. The van der Waals surface area contributed by atoms with E-state index in [2.05, 4.69) is 34.4 Å². The summed E-state index contributed by atoms with van der Waals surface area (Å²) in [6.07, 6.45) is 0.731. The number of sulfone groups is 1. The maximum Gasteiger partial charge on any atom is 0.151 e. The summed E-state index contributed by atoms with van der Waals surface area (Å²) in [7, 11) is -2.83. The zero-order valence-electron chi connectivity index (χ0n) is 12.8. The van der Waals surface area contributed by atoms with Gasteiger partial charge in [-0.05, 0) is 25.4 Å². The van der Waals surface area contributed by atoms with Gasteiger partial charge in [-0.3, -0.25) is 4.90 Å². The fraction of sp³-hybridized carbons (Fsp3) is 0.786. The number of thiazole rings is 1. The molecule has 1 fully saturated rings. The minimum atomic E-state index is -2.83. The molecule has 2 heterocycles. The van der Waals surface area contributed by atoms with E-state index in [1.165, 1.54) is 0 Å². The molecular formula is C14H25N3O2S2. The van der Waals surface area contributed by atoms with E-state index in [1.54, 1.807) is 11.3 Å². The molecule has 0 radical (unpaired) electrons. The van der Waals surface area contributed by atoms with Crippen LogP contribution in [0.5, 0.6) is 0 Å². The van der Waals surface area contributed by atoms with Crippen LogP contribution < -0.4 is 5.32 Å². The van der Waals surface area contributed by atoms with Crippen molar-refractivity contribution in [1.29, 1.82) is 0 Å². The van der Waals surface area contributed by atoms with Gasteiger partial charge in [0.1, 0.15) is 5.01 Å². The lowest BCUT2D eigenvalue weighted by Crippen LogP contribution is -2.26. The second-order valence-electron chi connectivity index (χ2n) is 6.04. The average Bonchev–Trinajstić information content (AvgIpc) is 2.75. The normalized spacial score (nSPS) is 19.8. The van der Waals surface area contributed by atoms with Gasteiger partial charge < -0.3 is 5.32 Å². The van der Waals surface area contributed by atoms with E-state index in [0.29, 0.717) is 18.2 Å². The van der Waals surface area contributed by atoms with Gasteiger partial charge >= 0.3 is 0 Å². The van der Waals surface area contributed by atoms with Crippen molar-refractivity contribution >= 4 is 21.2 Å². The van der Waals surface area contributed by atoms with Crippen molar-refractivity contribution in [3.05, 3.63) is 16.1 Å². The van der Waals surface area contributed by atoms with Crippen molar-refractivity contribution in [3.8, 4) is 0 Å². The van der Waals surface area contributed by atoms with Crippen LogP contribution in [0.2, 0.25) is 0 Å². The van der Waals surface area contributed by atoms with Crippen LogP contribution in [0.15, 0.2) is 5.38 Å². The predicted molar refractivity (Wildman–Crippen MR) is 87.2 cm³/mol. The molecule has 1 aliphatic rings. The van der Waals surface area contributed by atoms with Crippen LogP contribution in [0.25, 0.3) is 0 Å². The summed E-state index contributed by atoms with van der Waals surface area (Å²) in [4.78, 5) is 6.83. The van der Waals surface area contributed by atoms with E-state index in [1.807, 2.05) is 0 Å². The molecular weight excluding hydrogens is 306 g/mol. The van der Waals surface area contributed by atoms with Crippen molar-refractivity contribution in [2.45, 2.75) is 33.4 Å². The molecule has 1 aromatic heterocycles. The van der Waals surface area contributed by atoms with Gasteiger partial charge in [0, 0.05) is 25.0 Å². The molecule has 0 spiro atoms. The van der Waals surface area contributed by atoms with Gasteiger partial charge in [0.2, 0.25) is 0 Å². The highest BCUT2D eigenvalue weighted by molar-refractivity contribution is 7.91. The fourth-order valence-corrected chi connectivity index (χ4v) is 4.41. The molecule has 1 aliphatic heterocycles. The Balaban J connectivity index is 1.82. The molecule has 1 aromatic rings. The number of rotatable bonds is 6. The van der Waals surface area contributed by atoms with Crippen molar-refractivity contribution in [3.63, 3.8) is 0 Å². The third-order valence-corrected chi connectivity index (χ3v) is 6.07. The highest BCUT2D eigenvalue weighted by Crippen LogP contribution is 2.14. The van der Waals surface area contributed by atoms with Gasteiger partial charge in [0.25, 0.3) is 0 Å². The number of nitrogens with one attached hydrogen (secondary N) is 1. The van der Waals surface area contributed by atoms with Crippen LogP contribution in [-0.4, -0.2) is 49.4 Å². The van der Waals surface area contributed by atoms with E-state index in [9.17, 15) is 8.42 Å². The van der Waals surface area contributed by atoms with E-state index in [-0.39, 0.29) is 5.75 Å². The quantitative estimate of drug-likeness (QED) is 0.856. The summed E-state index contributed by atoms with van der Waals surface area (Å²) in [6.45, 7) is 8.42. The summed E-state index contributed by atoms with van der Waals surface area (Å²) < 4.78 is 23.2. The number of nitrogens with zero attached hydrogens (tertiary/aromatic N) is 2. The van der Waals surface area contributed by atoms with E-state index in [0.717, 1.165) is 43.3 Å². The predicted octanol–water partition coefficient (Wildman–Crippen LogP) is 1.51. The van der Waals surface area contributed by atoms with Gasteiger partial charge in [0.05, 0.1) is 17.2 Å². The van der Waals surface area contributed by atoms with Gasteiger partial charge in [-0.15, -0.1) is 11.3 Å². The minimum absolute atomic E-state index is 0.278. The summed E-state index contributed by atoms with van der Waals surface area (Å²) in [5.74, 6) is 1.24. The first-order valence-electron chi connectivity index (χ1n) is 7.51. The third-order valence-electron chi connectivity index (χ3n) is 3.46. The van der Waals surface area contributed by atoms with Crippen LogP contribution in [0.1, 0.15) is 31.0 Å². The molecule has 120 valence electrons. The Kier molecular flexibility index (Phi) is 6.16. The molecule has 1 N–H and O–H groups in total. The molecule has 21 heavy (non-hydrogen) atoms. The second-order valence-corrected chi connectivity index (χ2v) is 9.29. The second kappa shape index (κ2) is 7.67. The lowest BCUT2D eigenvalue weighted by Gasteiger charge is -2.17. The Hall–Kier alpha value is -0.500. The van der Waals surface area contributed by atoms with Crippen molar-refractivity contribution in [1.82, 2.24) is 15.2 Å². The third kappa shape index (κ3) is 6.02. The number of hydrogen-bond acceptors (Lipinski definition) is 6. The van der Waals surface area contributed by atoms with Gasteiger partial charge in [0.15, 0.2) is 9.84 Å². The van der Waals surface area contributed by atoms with E-state index < -0.39 is 9.84 Å². The maximum absolute atomic E-state index is 11.6. The number of hydrogen-bond donors (Lipinski definition) is 1. The molecule has 0 bridgehead atoms. The summed E-state index contributed by atoms with van der Waals surface area (Å²) in [5.41, 5.74) is 1.06.